The van der Waals surface area contributed by atoms with Gasteiger partial charge in [0, 0.05) is 24.6 Å². The molecule has 2 aromatic rings. The van der Waals surface area contributed by atoms with E-state index >= 15 is 0 Å². The summed E-state index contributed by atoms with van der Waals surface area (Å²) in [5, 5.41) is 16.2. The summed E-state index contributed by atoms with van der Waals surface area (Å²) in [4.78, 5) is 22.4. The Morgan fingerprint density at radius 2 is 1.96 bits per heavy atom. The van der Waals surface area contributed by atoms with Gasteiger partial charge in [-0.3, -0.25) is 14.9 Å². The van der Waals surface area contributed by atoms with Gasteiger partial charge < -0.3 is 14.2 Å². The number of amides is 1. The van der Waals surface area contributed by atoms with Crippen LogP contribution in [0.5, 0.6) is 11.5 Å². The molecule has 3 rings (SSSR count). The second-order valence-corrected chi connectivity index (χ2v) is 5.64. The van der Waals surface area contributed by atoms with Crippen molar-refractivity contribution >= 4 is 17.5 Å². The number of benzene rings is 2. The largest absolute Gasteiger partial charge is 0.497 e. The number of rotatable bonds is 6. The third-order valence-corrected chi connectivity index (χ3v) is 3.80. The zero-order valence-electron chi connectivity index (χ0n) is 14.7. The summed E-state index contributed by atoms with van der Waals surface area (Å²) >= 11 is 0. The van der Waals surface area contributed by atoms with Crippen molar-refractivity contribution in [3.05, 3.63) is 64.2 Å². The van der Waals surface area contributed by atoms with Crippen molar-refractivity contribution in [2.24, 2.45) is 5.10 Å². The standard InChI is InChI=1S/C18H17N3O6/c1-12(22)20-18(13-4-3-5-14(10-13)21(23)24)27-17(19-20)11-26-16-8-6-15(25-2)7-9-16/h3-10,18H,11H2,1-2H3/t18-/m1/s1. The Bertz CT molecular complexity index is 881. The van der Waals surface area contributed by atoms with Crippen LogP contribution < -0.4 is 9.47 Å². The smallest absolute Gasteiger partial charge is 0.269 e. The average Bonchev–Trinajstić information content (AvgIpc) is 3.11. The molecule has 9 nitrogen and oxygen atoms in total. The Labute approximate surface area is 154 Å². The van der Waals surface area contributed by atoms with Crippen molar-refractivity contribution in [1.82, 2.24) is 5.01 Å². The highest BCUT2D eigenvalue weighted by atomic mass is 16.6. The third-order valence-electron chi connectivity index (χ3n) is 3.80. The maximum Gasteiger partial charge on any atom is 0.269 e. The van der Waals surface area contributed by atoms with Crippen LogP contribution in [0.2, 0.25) is 0 Å². The normalized spacial score (nSPS) is 15.7. The molecule has 2 aromatic carbocycles. The lowest BCUT2D eigenvalue weighted by Crippen LogP contribution is -2.25. The zero-order valence-corrected chi connectivity index (χ0v) is 14.7. The molecule has 1 atom stereocenters. The zero-order chi connectivity index (χ0) is 19.4. The summed E-state index contributed by atoms with van der Waals surface area (Å²) in [5.74, 6) is 1.11. The van der Waals surface area contributed by atoms with Crippen molar-refractivity contribution < 1.29 is 23.9 Å². The molecule has 1 aliphatic rings. The van der Waals surface area contributed by atoms with Gasteiger partial charge >= 0.3 is 0 Å². The van der Waals surface area contributed by atoms with Gasteiger partial charge in [-0.15, -0.1) is 5.10 Å². The van der Waals surface area contributed by atoms with Gasteiger partial charge in [0.25, 0.3) is 5.69 Å². The molecule has 140 valence electrons. The number of non-ortho nitro benzene ring substituents is 1. The van der Waals surface area contributed by atoms with Gasteiger partial charge in [0.1, 0.15) is 11.5 Å². The first-order valence-corrected chi connectivity index (χ1v) is 8.03. The fourth-order valence-electron chi connectivity index (χ4n) is 2.49. The van der Waals surface area contributed by atoms with Crippen LogP contribution in [0.3, 0.4) is 0 Å². The van der Waals surface area contributed by atoms with Crippen LogP contribution >= 0.6 is 0 Å². The van der Waals surface area contributed by atoms with E-state index in [0.29, 0.717) is 17.1 Å². The molecule has 0 aromatic heterocycles. The predicted molar refractivity (Wildman–Crippen MR) is 95.4 cm³/mol. The molecule has 1 amide bonds. The minimum atomic E-state index is -0.878. The van der Waals surface area contributed by atoms with Crippen molar-refractivity contribution in [1.29, 1.82) is 0 Å². The van der Waals surface area contributed by atoms with Crippen LogP contribution in [-0.2, 0) is 9.53 Å². The summed E-state index contributed by atoms with van der Waals surface area (Å²) in [6.45, 7) is 1.34. The molecule has 0 N–H and O–H groups in total. The van der Waals surface area contributed by atoms with E-state index in [0.717, 1.165) is 5.01 Å². The summed E-state index contributed by atoms with van der Waals surface area (Å²) in [6, 6.07) is 12.8. The first kappa shape index (κ1) is 18.2. The van der Waals surface area contributed by atoms with Crippen LogP contribution in [-0.4, -0.2) is 35.5 Å². The number of carbonyl (C=O) groups excluding carboxylic acids is 1. The SMILES string of the molecule is COc1ccc(OCC2=NN(C(C)=O)[C@@H](c3cccc([N+](=O)[O-])c3)O2)cc1. The number of nitro groups is 1. The molecule has 1 heterocycles. The minimum Gasteiger partial charge on any atom is -0.497 e. The first-order valence-electron chi connectivity index (χ1n) is 8.03. The number of methoxy groups -OCH3 is 1. The predicted octanol–water partition coefficient (Wildman–Crippen LogP) is 2.87. The molecule has 0 saturated heterocycles. The maximum atomic E-state index is 11.9. The first-order chi connectivity index (χ1) is 13.0. The molecular formula is C18H17N3O6. The van der Waals surface area contributed by atoms with Gasteiger partial charge in [-0.2, -0.15) is 5.01 Å². The van der Waals surface area contributed by atoms with Crippen molar-refractivity contribution in [2.75, 3.05) is 13.7 Å². The minimum absolute atomic E-state index is 0.00152. The Kier molecular flexibility index (Phi) is 5.20. The summed E-state index contributed by atoms with van der Waals surface area (Å²) in [5.41, 5.74) is 0.352. The fourth-order valence-corrected chi connectivity index (χ4v) is 2.49. The molecule has 0 unspecified atom stereocenters. The molecule has 0 spiro atoms. The van der Waals surface area contributed by atoms with Crippen molar-refractivity contribution in [2.45, 2.75) is 13.2 Å². The Balaban J connectivity index is 1.72. The lowest BCUT2D eigenvalue weighted by molar-refractivity contribution is -0.385. The Hall–Kier alpha value is -3.62. The average molecular weight is 371 g/mol. The topological polar surface area (TPSA) is 104 Å². The van der Waals surface area contributed by atoms with Crippen molar-refractivity contribution in [3.8, 4) is 11.5 Å². The van der Waals surface area contributed by atoms with Crippen LogP contribution in [0.15, 0.2) is 53.6 Å². The summed E-state index contributed by atoms with van der Waals surface area (Å²) in [7, 11) is 1.57. The molecule has 0 saturated carbocycles. The molecule has 0 bridgehead atoms. The van der Waals surface area contributed by atoms with Crippen LogP contribution in [0.25, 0.3) is 0 Å². The molecule has 0 aliphatic carbocycles. The van der Waals surface area contributed by atoms with Crippen LogP contribution in [0.1, 0.15) is 18.7 Å². The Morgan fingerprint density at radius 3 is 2.59 bits per heavy atom. The number of nitro benzene ring substituents is 1. The second kappa shape index (κ2) is 7.73. The number of ether oxygens (including phenoxy) is 3. The molecule has 0 fully saturated rings. The van der Waals surface area contributed by atoms with E-state index in [1.165, 1.54) is 25.1 Å². The fraction of sp³-hybridized carbons (Fsp3) is 0.222. The van der Waals surface area contributed by atoms with Gasteiger partial charge in [0.2, 0.25) is 18.0 Å². The van der Waals surface area contributed by atoms with Gasteiger partial charge in [-0.25, -0.2) is 0 Å². The lowest BCUT2D eigenvalue weighted by Gasteiger charge is -2.19. The monoisotopic (exact) mass is 371 g/mol. The third kappa shape index (κ3) is 4.14. The molecule has 1 aliphatic heterocycles. The van der Waals surface area contributed by atoms with Gasteiger partial charge in [-0.1, -0.05) is 12.1 Å². The summed E-state index contributed by atoms with van der Waals surface area (Å²) in [6.07, 6.45) is -0.878. The Morgan fingerprint density at radius 1 is 1.26 bits per heavy atom. The second-order valence-electron chi connectivity index (χ2n) is 5.64. The number of hydrazone groups is 1. The number of carbonyl (C=O) groups is 1. The van der Waals surface area contributed by atoms with E-state index < -0.39 is 11.2 Å². The van der Waals surface area contributed by atoms with Gasteiger partial charge in [-0.05, 0) is 24.3 Å². The van der Waals surface area contributed by atoms with Gasteiger partial charge in [0.05, 0.1) is 12.0 Å². The number of nitrogens with zero attached hydrogens (tertiary/aromatic N) is 3. The van der Waals surface area contributed by atoms with E-state index in [4.69, 9.17) is 14.2 Å². The number of hydrogen-bond acceptors (Lipinski definition) is 7. The van der Waals surface area contributed by atoms with E-state index in [-0.39, 0.29) is 24.1 Å². The highest BCUT2D eigenvalue weighted by molar-refractivity contribution is 5.83. The lowest BCUT2D eigenvalue weighted by atomic mass is 10.1. The highest BCUT2D eigenvalue weighted by Gasteiger charge is 2.33. The van der Waals surface area contributed by atoms with Crippen LogP contribution in [0.4, 0.5) is 5.69 Å². The summed E-state index contributed by atoms with van der Waals surface area (Å²) < 4.78 is 16.4. The number of hydrogen-bond donors (Lipinski definition) is 0. The van der Waals surface area contributed by atoms with E-state index in [9.17, 15) is 14.9 Å². The van der Waals surface area contributed by atoms with E-state index in [1.807, 2.05) is 0 Å². The molecule has 9 heteroatoms. The quantitative estimate of drug-likeness (QED) is 0.571. The molecule has 0 radical (unpaired) electrons. The van der Waals surface area contributed by atoms with Crippen LogP contribution in [0, 0.1) is 10.1 Å². The highest BCUT2D eigenvalue weighted by Crippen LogP contribution is 2.30. The molecule has 27 heavy (non-hydrogen) atoms. The molecular weight excluding hydrogens is 354 g/mol. The van der Waals surface area contributed by atoms with E-state index in [1.54, 1.807) is 37.4 Å². The van der Waals surface area contributed by atoms with E-state index in [2.05, 4.69) is 5.10 Å². The van der Waals surface area contributed by atoms with Crippen molar-refractivity contribution in [3.63, 3.8) is 0 Å². The van der Waals surface area contributed by atoms with Gasteiger partial charge in [0.15, 0.2) is 6.61 Å². The maximum absolute atomic E-state index is 11.9.